The molecule has 0 aliphatic heterocycles. The third kappa shape index (κ3) is 4.78. The van der Waals surface area contributed by atoms with E-state index in [2.05, 4.69) is 5.32 Å². The lowest BCUT2D eigenvalue weighted by Gasteiger charge is -2.17. The number of aliphatic hydroxyl groups excluding tert-OH is 1. The average molecular weight is 204 g/mol. The molecule has 0 spiro atoms. The molecule has 0 saturated carbocycles. The van der Waals surface area contributed by atoms with Crippen LogP contribution >= 0.6 is 0 Å². The molecule has 0 rings (SSSR count). The number of amides is 1. The van der Waals surface area contributed by atoms with Gasteiger partial charge in [0.1, 0.15) is 0 Å². The first kappa shape index (κ1) is 12.9. The van der Waals surface area contributed by atoms with Crippen LogP contribution in [0.2, 0.25) is 0 Å². The van der Waals surface area contributed by atoms with E-state index in [1.54, 1.807) is 0 Å². The van der Waals surface area contributed by atoms with E-state index >= 15 is 0 Å². The van der Waals surface area contributed by atoms with E-state index in [0.717, 1.165) is 0 Å². The number of aliphatic carboxylic acids is 1. The second kappa shape index (κ2) is 4.92. The summed E-state index contributed by atoms with van der Waals surface area (Å²) < 4.78 is 0. The summed E-state index contributed by atoms with van der Waals surface area (Å²) in [6, 6.07) is 0. The van der Waals surface area contributed by atoms with E-state index in [4.69, 9.17) is 15.9 Å². The average Bonchev–Trinajstić information content (AvgIpc) is 2.01. The molecule has 0 aromatic heterocycles. The fourth-order valence-corrected chi connectivity index (χ4v) is 0.674. The molecule has 0 bridgehead atoms. The Kier molecular flexibility index (Phi) is 4.52. The van der Waals surface area contributed by atoms with Crippen molar-refractivity contribution in [1.82, 2.24) is 5.32 Å². The molecule has 0 radical (unpaired) electrons. The highest BCUT2D eigenvalue weighted by Crippen LogP contribution is 1.96. The number of nitrogens with two attached hydrogens (primary N) is 1. The summed E-state index contributed by atoms with van der Waals surface area (Å²) in [5.74, 6) is -1.68. The topological polar surface area (TPSA) is 113 Å². The van der Waals surface area contributed by atoms with Crippen molar-refractivity contribution in [3.05, 3.63) is 0 Å². The van der Waals surface area contributed by atoms with Crippen molar-refractivity contribution >= 4 is 11.9 Å². The van der Waals surface area contributed by atoms with Crippen LogP contribution in [-0.2, 0) is 9.59 Å². The van der Waals surface area contributed by atoms with Crippen LogP contribution in [0.5, 0.6) is 0 Å². The second-order valence-electron chi connectivity index (χ2n) is 3.62. The number of carboxylic acids is 1. The van der Waals surface area contributed by atoms with Crippen LogP contribution in [0.25, 0.3) is 0 Å². The van der Waals surface area contributed by atoms with E-state index in [0.29, 0.717) is 0 Å². The minimum Gasteiger partial charge on any atom is -0.479 e. The maximum Gasteiger partial charge on any atom is 0.332 e. The highest BCUT2D eigenvalue weighted by Gasteiger charge is 2.21. The minimum absolute atomic E-state index is 0.0306. The quantitative estimate of drug-likeness (QED) is 0.443. The highest BCUT2D eigenvalue weighted by atomic mass is 16.4. The van der Waals surface area contributed by atoms with E-state index in [-0.39, 0.29) is 18.9 Å². The SMILES string of the molecule is CC(C)(N)C(=O)NCCC(O)C(=O)O. The molecule has 1 atom stereocenters. The summed E-state index contributed by atoms with van der Waals surface area (Å²) in [6.07, 6.45) is -1.48. The Bertz CT molecular complexity index is 222. The Morgan fingerprint density at radius 1 is 1.50 bits per heavy atom. The van der Waals surface area contributed by atoms with Crippen LogP contribution in [0.15, 0.2) is 0 Å². The predicted molar refractivity (Wildman–Crippen MR) is 49.5 cm³/mol. The third-order valence-corrected chi connectivity index (χ3v) is 1.57. The number of rotatable bonds is 5. The van der Waals surface area contributed by atoms with Crippen molar-refractivity contribution in [2.75, 3.05) is 6.54 Å². The van der Waals surface area contributed by atoms with E-state index in [1.807, 2.05) is 0 Å². The summed E-state index contributed by atoms with van der Waals surface area (Å²) >= 11 is 0. The van der Waals surface area contributed by atoms with Gasteiger partial charge in [0.2, 0.25) is 5.91 Å². The molecule has 0 aromatic rings. The second-order valence-corrected chi connectivity index (χ2v) is 3.62. The standard InChI is InChI=1S/C8H16N2O4/c1-8(2,9)7(14)10-4-3-5(11)6(12)13/h5,11H,3-4,9H2,1-2H3,(H,10,14)(H,12,13). The number of nitrogens with one attached hydrogen (secondary N) is 1. The van der Waals surface area contributed by atoms with Crippen molar-refractivity contribution < 1.29 is 19.8 Å². The molecule has 6 heteroatoms. The van der Waals surface area contributed by atoms with Gasteiger partial charge in [0.05, 0.1) is 5.54 Å². The van der Waals surface area contributed by atoms with Crippen LogP contribution in [0.3, 0.4) is 0 Å². The summed E-state index contributed by atoms with van der Waals surface area (Å²) in [4.78, 5) is 21.3. The first-order chi connectivity index (χ1) is 6.25. The number of hydrogen-bond donors (Lipinski definition) is 4. The lowest BCUT2D eigenvalue weighted by molar-refractivity contribution is -0.147. The monoisotopic (exact) mass is 204 g/mol. The Hall–Kier alpha value is -1.14. The molecule has 0 fully saturated rings. The maximum atomic E-state index is 11.2. The van der Waals surface area contributed by atoms with Crippen molar-refractivity contribution in [3.8, 4) is 0 Å². The van der Waals surface area contributed by atoms with Crippen LogP contribution in [0.4, 0.5) is 0 Å². The molecular weight excluding hydrogens is 188 g/mol. The van der Waals surface area contributed by atoms with Crippen molar-refractivity contribution in [2.24, 2.45) is 5.73 Å². The molecule has 82 valence electrons. The number of carboxylic acid groups (broad SMARTS) is 1. The highest BCUT2D eigenvalue weighted by molar-refractivity contribution is 5.85. The van der Waals surface area contributed by atoms with Gasteiger partial charge in [-0.1, -0.05) is 0 Å². The lowest BCUT2D eigenvalue weighted by Crippen LogP contribution is -2.49. The molecule has 1 amide bonds. The number of hydrogen-bond acceptors (Lipinski definition) is 4. The first-order valence-corrected chi connectivity index (χ1v) is 4.23. The smallest absolute Gasteiger partial charge is 0.332 e. The largest absolute Gasteiger partial charge is 0.479 e. The lowest BCUT2D eigenvalue weighted by atomic mass is 10.1. The van der Waals surface area contributed by atoms with Gasteiger partial charge in [-0.15, -0.1) is 0 Å². The van der Waals surface area contributed by atoms with Gasteiger partial charge < -0.3 is 21.3 Å². The van der Waals surface area contributed by atoms with Crippen LogP contribution in [0, 0.1) is 0 Å². The summed E-state index contributed by atoms with van der Waals surface area (Å²) in [6.45, 7) is 3.17. The van der Waals surface area contributed by atoms with Gasteiger partial charge in [-0.25, -0.2) is 4.79 Å². The van der Waals surface area contributed by atoms with E-state index < -0.39 is 17.6 Å². The van der Waals surface area contributed by atoms with E-state index in [1.165, 1.54) is 13.8 Å². The molecule has 0 saturated heterocycles. The first-order valence-electron chi connectivity index (χ1n) is 4.23. The number of aliphatic hydroxyl groups is 1. The van der Waals surface area contributed by atoms with Crippen molar-refractivity contribution in [1.29, 1.82) is 0 Å². The summed E-state index contributed by atoms with van der Waals surface area (Å²) in [5.41, 5.74) is 4.47. The zero-order valence-corrected chi connectivity index (χ0v) is 8.28. The zero-order chi connectivity index (χ0) is 11.4. The molecule has 6 nitrogen and oxygen atoms in total. The van der Waals surface area contributed by atoms with Gasteiger partial charge in [-0.05, 0) is 13.8 Å². The fraction of sp³-hybridized carbons (Fsp3) is 0.750. The zero-order valence-electron chi connectivity index (χ0n) is 8.28. The molecule has 0 heterocycles. The van der Waals surface area contributed by atoms with Gasteiger partial charge in [0, 0.05) is 13.0 Å². The molecule has 14 heavy (non-hydrogen) atoms. The Morgan fingerprint density at radius 3 is 2.36 bits per heavy atom. The minimum atomic E-state index is -1.45. The normalized spacial score (nSPS) is 13.4. The van der Waals surface area contributed by atoms with Crippen LogP contribution in [-0.4, -0.2) is 40.3 Å². The number of carbonyl (C=O) groups is 2. The molecule has 0 aliphatic rings. The maximum absolute atomic E-state index is 11.2. The predicted octanol–water partition coefficient (Wildman–Crippen LogP) is -1.32. The Morgan fingerprint density at radius 2 is 2.00 bits per heavy atom. The molecule has 0 aliphatic carbocycles. The van der Waals surface area contributed by atoms with Gasteiger partial charge >= 0.3 is 5.97 Å². The molecule has 5 N–H and O–H groups in total. The van der Waals surface area contributed by atoms with E-state index in [9.17, 15) is 9.59 Å². The Labute approximate surface area is 82.1 Å². The molecular formula is C8H16N2O4. The third-order valence-electron chi connectivity index (χ3n) is 1.57. The van der Waals surface area contributed by atoms with Gasteiger partial charge in [-0.2, -0.15) is 0 Å². The van der Waals surface area contributed by atoms with Gasteiger partial charge in [0.15, 0.2) is 6.10 Å². The van der Waals surface area contributed by atoms with Crippen molar-refractivity contribution in [3.63, 3.8) is 0 Å². The van der Waals surface area contributed by atoms with Gasteiger partial charge in [0.25, 0.3) is 0 Å². The Balaban J connectivity index is 3.76. The van der Waals surface area contributed by atoms with Gasteiger partial charge in [-0.3, -0.25) is 4.79 Å². The number of carbonyl (C=O) groups excluding carboxylic acids is 1. The summed E-state index contributed by atoms with van der Waals surface area (Å²) in [7, 11) is 0. The van der Waals surface area contributed by atoms with Crippen molar-refractivity contribution in [2.45, 2.75) is 31.9 Å². The molecule has 0 aromatic carbocycles. The fourth-order valence-electron chi connectivity index (χ4n) is 0.674. The molecule has 1 unspecified atom stereocenters. The summed E-state index contributed by atoms with van der Waals surface area (Å²) in [5, 5.41) is 19.6. The van der Waals surface area contributed by atoms with Crippen LogP contribution in [0.1, 0.15) is 20.3 Å². The van der Waals surface area contributed by atoms with Crippen LogP contribution < -0.4 is 11.1 Å².